The number of amides is 2. The van der Waals surface area contributed by atoms with Gasteiger partial charge in [-0.25, -0.2) is 4.79 Å². The number of carbonyl (C=O) groups is 2. The van der Waals surface area contributed by atoms with Crippen molar-refractivity contribution in [2.75, 3.05) is 19.6 Å². The maximum absolute atomic E-state index is 12.4. The quantitative estimate of drug-likeness (QED) is 0.773. The number of likely N-dealkylation sites (tertiary alicyclic amines) is 1. The van der Waals surface area contributed by atoms with Gasteiger partial charge in [-0.2, -0.15) is 13.2 Å². The van der Waals surface area contributed by atoms with Gasteiger partial charge >= 0.3 is 18.2 Å². The highest BCUT2D eigenvalue weighted by molar-refractivity contribution is 5.74. The first kappa shape index (κ1) is 15.6. The number of piperidine rings is 1. The van der Waals surface area contributed by atoms with E-state index in [1.165, 1.54) is 4.90 Å². The number of hydrogen-bond donors (Lipinski definition) is 2. The number of carbonyl (C=O) groups excluding carboxylic acids is 1. The van der Waals surface area contributed by atoms with Crippen LogP contribution in [0, 0.1) is 5.92 Å². The minimum atomic E-state index is -4.19. The molecule has 0 bridgehead atoms. The highest BCUT2D eigenvalue weighted by Crippen LogP contribution is 2.33. The normalized spacial score (nSPS) is 17.3. The molecule has 8 heteroatoms. The fraction of sp³-hybridized carbons (Fsp3) is 0.818. The molecule has 0 saturated carbocycles. The molecule has 110 valence electrons. The van der Waals surface area contributed by atoms with Crippen molar-refractivity contribution in [3.8, 4) is 0 Å². The van der Waals surface area contributed by atoms with E-state index in [2.05, 4.69) is 5.32 Å². The Morgan fingerprint density at radius 3 is 2.32 bits per heavy atom. The van der Waals surface area contributed by atoms with E-state index in [0.29, 0.717) is 6.42 Å². The average Bonchev–Trinajstić information content (AvgIpc) is 2.33. The lowest BCUT2D eigenvalue weighted by Crippen LogP contribution is -2.46. The van der Waals surface area contributed by atoms with Gasteiger partial charge in [0.25, 0.3) is 0 Å². The molecule has 1 fully saturated rings. The second-order valence-electron chi connectivity index (χ2n) is 4.53. The van der Waals surface area contributed by atoms with Crippen molar-refractivity contribution in [2.24, 2.45) is 5.92 Å². The third kappa shape index (κ3) is 5.35. The Hall–Kier alpha value is -1.47. The summed E-state index contributed by atoms with van der Waals surface area (Å²) in [6.45, 7) is 0.369. The molecule has 1 saturated heterocycles. The number of carboxylic acid groups (broad SMARTS) is 1. The summed E-state index contributed by atoms with van der Waals surface area (Å²) in [5.74, 6) is -2.27. The monoisotopic (exact) mass is 282 g/mol. The number of aliphatic carboxylic acids is 1. The second kappa shape index (κ2) is 6.63. The lowest BCUT2D eigenvalue weighted by Gasteiger charge is -2.32. The summed E-state index contributed by atoms with van der Waals surface area (Å²) in [5.41, 5.74) is 0. The molecule has 0 aromatic heterocycles. The van der Waals surface area contributed by atoms with Gasteiger partial charge in [0.15, 0.2) is 0 Å². The summed E-state index contributed by atoms with van der Waals surface area (Å²) in [5, 5.41) is 10.9. The smallest absolute Gasteiger partial charge is 0.391 e. The Morgan fingerprint density at radius 2 is 1.84 bits per heavy atom. The molecule has 0 aromatic carbocycles. The van der Waals surface area contributed by atoms with Gasteiger partial charge in [0, 0.05) is 26.1 Å². The highest BCUT2D eigenvalue weighted by atomic mass is 19.4. The lowest BCUT2D eigenvalue weighted by molar-refractivity contribution is -0.183. The predicted octanol–water partition coefficient (Wildman–Crippen LogP) is 1.84. The van der Waals surface area contributed by atoms with Crippen LogP contribution < -0.4 is 5.32 Å². The maximum atomic E-state index is 12.4. The number of carboxylic acids is 1. The molecule has 0 unspecified atom stereocenters. The topological polar surface area (TPSA) is 69.6 Å². The van der Waals surface area contributed by atoms with Crippen LogP contribution in [-0.4, -0.2) is 47.8 Å². The first-order valence-electron chi connectivity index (χ1n) is 6.12. The Balaban J connectivity index is 2.23. The van der Waals surface area contributed by atoms with E-state index in [-0.39, 0.29) is 38.9 Å². The molecule has 0 radical (unpaired) electrons. The van der Waals surface area contributed by atoms with Crippen molar-refractivity contribution in [3.63, 3.8) is 0 Å². The summed E-state index contributed by atoms with van der Waals surface area (Å²) in [6.07, 6.45) is -4.08. The average molecular weight is 282 g/mol. The molecule has 1 aliphatic rings. The third-order valence-electron chi connectivity index (χ3n) is 3.09. The number of nitrogens with one attached hydrogen (secondary N) is 1. The van der Waals surface area contributed by atoms with E-state index in [1.54, 1.807) is 0 Å². The van der Waals surface area contributed by atoms with Gasteiger partial charge in [-0.1, -0.05) is 0 Å². The van der Waals surface area contributed by atoms with Gasteiger partial charge in [-0.15, -0.1) is 0 Å². The molecule has 2 N–H and O–H groups in total. The molecule has 1 heterocycles. The van der Waals surface area contributed by atoms with Gasteiger partial charge in [-0.3, -0.25) is 4.79 Å². The SMILES string of the molecule is O=C(O)CCCNC(=O)N1CCC(C(F)(F)F)CC1. The Kier molecular flexibility index (Phi) is 5.44. The zero-order chi connectivity index (χ0) is 14.5. The molecule has 0 aromatic rings. The van der Waals surface area contributed by atoms with Gasteiger partial charge in [0.05, 0.1) is 5.92 Å². The van der Waals surface area contributed by atoms with E-state index in [4.69, 9.17) is 5.11 Å². The molecule has 0 atom stereocenters. The van der Waals surface area contributed by atoms with Gasteiger partial charge in [0.1, 0.15) is 0 Å². The Bertz CT molecular complexity index is 326. The van der Waals surface area contributed by atoms with Crippen molar-refractivity contribution in [1.29, 1.82) is 0 Å². The predicted molar refractivity (Wildman–Crippen MR) is 60.6 cm³/mol. The van der Waals surface area contributed by atoms with Crippen LogP contribution in [0.25, 0.3) is 0 Å². The number of hydrogen-bond acceptors (Lipinski definition) is 2. The van der Waals surface area contributed by atoms with Gasteiger partial charge in [-0.05, 0) is 19.3 Å². The maximum Gasteiger partial charge on any atom is 0.391 e. The van der Waals surface area contributed by atoms with Crippen LogP contribution >= 0.6 is 0 Å². The number of alkyl halides is 3. The third-order valence-corrected chi connectivity index (χ3v) is 3.09. The van der Waals surface area contributed by atoms with Crippen molar-refractivity contribution in [3.05, 3.63) is 0 Å². The molecule has 1 aliphatic heterocycles. The Morgan fingerprint density at radius 1 is 1.26 bits per heavy atom. The molecule has 0 aliphatic carbocycles. The lowest BCUT2D eigenvalue weighted by atomic mass is 9.96. The van der Waals surface area contributed by atoms with Gasteiger partial charge < -0.3 is 15.3 Å². The van der Waals surface area contributed by atoms with Crippen molar-refractivity contribution in [2.45, 2.75) is 31.9 Å². The Labute approximate surface area is 108 Å². The van der Waals surface area contributed by atoms with E-state index < -0.39 is 24.1 Å². The number of rotatable bonds is 4. The van der Waals surface area contributed by atoms with Crippen LogP contribution in [0.15, 0.2) is 0 Å². The second-order valence-corrected chi connectivity index (χ2v) is 4.53. The van der Waals surface area contributed by atoms with Crippen molar-refractivity contribution >= 4 is 12.0 Å². The largest absolute Gasteiger partial charge is 0.481 e. The van der Waals surface area contributed by atoms with E-state index in [1.807, 2.05) is 0 Å². The minimum absolute atomic E-state index is 0.0452. The van der Waals surface area contributed by atoms with Crippen molar-refractivity contribution in [1.82, 2.24) is 10.2 Å². The first-order valence-corrected chi connectivity index (χ1v) is 6.12. The molecule has 0 spiro atoms. The summed E-state index contributed by atoms with van der Waals surface area (Å²) < 4.78 is 37.3. The molecule has 19 heavy (non-hydrogen) atoms. The summed E-state index contributed by atoms with van der Waals surface area (Å²) in [7, 11) is 0. The van der Waals surface area contributed by atoms with Crippen LogP contribution in [0.4, 0.5) is 18.0 Å². The van der Waals surface area contributed by atoms with E-state index >= 15 is 0 Å². The first-order chi connectivity index (χ1) is 8.80. The molecule has 2 amide bonds. The zero-order valence-corrected chi connectivity index (χ0v) is 10.4. The fourth-order valence-electron chi connectivity index (χ4n) is 1.96. The highest BCUT2D eigenvalue weighted by Gasteiger charge is 2.41. The molecule has 1 rings (SSSR count). The molecular formula is C11H17F3N2O3. The van der Waals surface area contributed by atoms with Crippen LogP contribution in [0.5, 0.6) is 0 Å². The number of nitrogens with zero attached hydrogens (tertiary/aromatic N) is 1. The van der Waals surface area contributed by atoms with Crippen LogP contribution in [0.2, 0.25) is 0 Å². The zero-order valence-electron chi connectivity index (χ0n) is 10.4. The van der Waals surface area contributed by atoms with Crippen LogP contribution in [-0.2, 0) is 4.79 Å². The molecule has 5 nitrogen and oxygen atoms in total. The number of urea groups is 1. The van der Waals surface area contributed by atoms with Gasteiger partial charge in [0.2, 0.25) is 0 Å². The van der Waals surface area contributed by atoms with E-state index in [0.717, 1.165) is 0 Å². The summed E-state index contributed by atoms with van der Waals surface area (Å²) in [4.78, 5) is 23.2. The minimum Gasteiger partial charge on any atom is -0.481 e. The van der Waals surface area contributed by atoms with Crippen molar-refractivity contribution < 1.29 is 27.9 Å². The van der Waals surface area contributed by atoms with Crippen LogP contribution in [0.1, 0.15) is 25.7 Å². The molecular weight excluding hydrogens is 265 g/mol. The van der Waals surface area contributed by atoms with E-state index in [9.17, 15) is 22.8 Å². The number of halogens is 3. The summed E-state index contributed by atoms with van der Waals surface area (Å²) in [6, 6.07) is -0.425. The van der Waals surface area contributed by atoms with Crippen LogP contribution in [0.3, 0.4) is 0 Å². The summed E-state index contributed by atoms with van der Waals surface area (Å²) >= 11 is 0. The standard InChI is InChI=1S/C11H17F3N2O3/c12-11(13,14)8-3-6-16(7-4-8)10(19)15-5-1-2-9(17)18/h8H,1-7H2,(H,15,19)(H,17,18). The fourth-order valence-corrected chi connectivity index (χ4v) is 1.96.